The molecule has 0 heterocycles. The third-order valence-electron chi connectivity index (χ3n) is 3.68. The second-order valence-corrected chi connectivity index (χ2v) is 7.71. The Kier molecular flexibility index (Phi) is 8.79. The Morgan fingerprint density at radius 3 is 2.22 bits per heavy atom. The largest absolute Gasteiger partial charge is 0.270 e. The molecule has 0 saturated carbocycles. The molecule has 1 aromatic rings. The molecule has 0 amide bonds. The number of sulfonamides is 1. The summed E-state index contributed by atoms with van der Waals surface area (Å²) in [7, 11) is -3.53. The number of rotatable bonds is 9. The van der Waals surface area contributed by atoms with Crippen LogP contribution in [0.4, 0.5) is 0 Å². The van der Waals surface area contributed by atoms with Gasteiger partial charge in [0.15, 0.2) is 0 Å². The first-order valence-electron chi connectivity index (χ1n) is 8.60. The quantitative estimate of drug-likeness (QED) is 0.372. The predicted octanol–water partition coefficient (Wildman–Crippen LogP) is 4.72. The van der Waals surface area contributed by atoms with Crippen molar-refractivity contribution in [3.63, 3.8) is 0 Å². The van der Waals surface area contributed by atoms with Crippen molar-refractivity contribution < 1.29 is 8.42 Å². The SMILES string of the molecule is CCCCCCC#CN(CCCC)S(=O)(=O)c1ccc(C)cc1. The van der Waals surface area contributed by atoms with E-state index >= 15 is 0 Å². The fourth-order valence-corrected chi connectivity index (χ4v) is 3.45. The van der Waals surface area contributed by atoms with Gasteiger partial charge < -0.3 is 0 Å². The molecule has 1 rings (SSSR count). The molecule has 23 heavy (non-hydrogen) atoms. The fourth-order valence-electron chi connectivity index (χ4n) is 2.16. The maximum Gasteiger partial charge on any atom is 0.270 e. The van der Waals surface area contributed by atoms with E-state index in [1.807, 2.05) is 19.1 Å². The van der Waals surface area contributed by atoms with E-state index in [9.17, 15) is 8.42 Å². The lowest BCUT2D eigenvalue weighted by atomic mass is 10.2. The zero-order valence-electron chi connectivity index (χ0n) is 14.6. The molecule has 0 saturated heterocycles. The summed E-state index contributed by atoms with van der Waals surface area (Å²) >= 11 is 0. The van der Waals surface area contributed by atoms with E-state index in [0.29, 0.717) is 11.4 Å². The zero-order valence-corrected chi connectivity index (χ0v) is 15.5. The van der Waals surface area contributed by atoms with Crippen molar-refractivity contribution in [2.45, 2.75) is 70.6 Å². The normalized spacial score (nSPS) is 10.9. The molecular formula is C19H29NO2S. The minimum atomic E-state index is -3.53. The zero-order chi connectivity index (χ0) is 17.1. The molecule has 0 spiro atoms. The van der Waals surface area contributed by atoms with Gasteiger partial charge in [0, 0.05) is 19.0 Å². The minimum absolute atomic E-state index is 0.319. The first-order chi connectivity index (χ1) is 11.0. The molecule has 0 bridgehead atoms. The van der Waals surface area contributed by atoms with Gasteiger partial charge in [0.2, 0.25) is 0 Å². The topological polar surface area (TPSA) is 37.4 Å². The van der Waals surface area contributed by atoms with Gasteiger partial charge >= 0.3 is 0 Å². The van der Waals surface area contributed by atoms with Gasteiger partial charge in [-0.3, -0.25) is 0 Å². The van der Waals surface area contributed by atoms with Gasteiger partial charge in [-0.05, 0) is 31.9 Å². The van der Waals surface area contributed by atoms with Gasteiger partial charge in [-0.15, -0.1) is 0 Å². The summed E-state index contributed by atoms with van der Waals surface area (Å²) in [6, 6.07) is 9.84. The van der Waals surface area contributed by atoms with Crippen LogP contribution in [0.1, 0.15) is 64.4 Å². The monoisotopic (exact) mass is 335 g/mol. The van der Waals surface area contributed by atoms with Crippen molar-refractivity contribution >= 4 is 10.0 Å². The first kappa shape index (κ1) is 19.6. The van der Waals surface area contributed by atoms with Crippen LogP contribution in [0.3, 0.4) is 0 Å². The lowest BCUT2D eigenvalue weighted by molar-refractivity contribution is 0.499. The van der Waals surface area contributed by atoms with Crippen LogP contribution in [-0.2, 0) is 10.0 Å². The Labute approximate surface area is 142 Å². The highest BCUT2D eigenvalue weighted by Gasteiger charge is 2.21. The van der Waals surface area contributed by atoms with E-state index in [1.54, 1.807) is 12.1 Å². The molecule has 0 N–H and O–H groups in total. The summed E-state index contributed by atoms with van der Waals surface area (Å²) in [4.78, 5) is 0.319. The lowest BCUT2D eigenvalue weighted by Crippen LogP contribution is -2.27. The molecule has 0 aromatic heterocycles. The maximum atomic E-state index is 12.7. The fraction of sp³-hybridized carbons (Fsp3) is 0.579. The summed E-state index contributed by atoms with van der Waals surface area (Å²) in [5, 5.41) is 0. The van der Waals surface area contributed by atoms with E-state index in [1.165, 1.54) is 17.1 Å². The standard InChI is InChI=1S/C19H29NO2S/c1-4-6-8-9-10-11-17-20(16-7-5-2)23(21,22)19-14-12-18(3)13-15-19/h12-15H,4-10,16H2,1-3H3. The van der Waals surface area contributed by atoms with Gasteiger partial charge in [0.25, 0.3) is 10.0 Å². The summed E-state index contributed by atoms with van der Waals surface area (Å²) in [6.45, 7) is 6.62. The third kappa shape index (κ3) is 6.66. The number of benzene rings is 1. The minimum Gasteiger partial charge on any atom is -0.224 e. The van der Waals surface area contributed by atoms with Crippen LogP contribution in [-0.4, -0.2) is 19.3 Å². The van der Waals surface area contributed by atoms with Gasteiger partial charge in [0.1, 0.15) is 0 Å². The molecule has 0 aliphatic carbocycles. The molecule has 0 unspecified atom stereocenters. The summed E-state index contributed by atoms with van der Waals surface area (Å²) in [5.74, 6) is 3.04. The lowest BCUT2D eigenvalue weighted by Gasteiger charge is -2.17. The highest BCUT2D eigenvalue weighted by molar-refractivity contribution is 7.89. The second kappa shape index (κ2) is 10.3. The molecule has 128 valence electrons. The number of unbranched alkanes of at least 4 members (excludes halogenated alkanes) is 5. The number of hydrogen-bond acceptors (Lipinski definition) is 2. The van der Waals surface area contributed by atoms with Crippen LogP contribution in [0.5, 0.6) is 0 Å². The average Bonchev–Trinajstić information content (AvgIpc) is 2.53. The highest BCUT2D eigenvalue weighted by atomic mass is 32.2. The Bertz CT molecular complexity index is 609. The van der Waals surface area contributed by atoms with E-state index < -0.39 is 10.0 Å². The summed E-state index contributed by atoms with van der Waals surface area (Å²) < 4.78 is 26.8. The van der Waals surface area contributed by atoms with Gasteiger partial charge in [0.05, 0.1) is 4.90 Å². The Morgan fingerprint density at radius 2 is 1.61 bits per heavy atom. The molecule has 3 nitrogen and oxygen atoms in total. The Balaban J connectivity index is 2.83. The van der Waals surface area contributed by atoms with Crippen molar-refractivity contribution in [2.75, 3.05) is 6.54 Å². The number of hydrogen-bond donors (Lipinski definition) is 0. The summed E-state index contributed by atoms with van der Waals surface area (Å²) in [5.41, 5.74) is 1.05. The van der Waals surface area contributed by atoms with Crippen molar-refractivity contribution in [1.82, 2.24) is 4.31 Å². The van der Waals surface area contributed by atoms with Crippen LogP contribution in [0, 0.1) is 18.9 Å². The second-order valence-electron chi connectivity index (χ2n) is 5.84. The van der Waals surface area contributed by atoms with Gasteiger partial charge in [-0.1, -0.05) is 63.1 Å². The molecule has 4 heteroatoms. The van der Waals surface area contributed by atoms with Crippen LogP contribution >= 0.6 is 0 Å². The average molecular weight is 336 g/mol. The molecule has 0 aliphatic heterocycles. The maximum absolute atomic E-state index is 12.7. The van der Waals surface area contributed by atoms with E-state index in [2.05, 4.69) is 25.8 Å². The van der Waals surface area contributed by atoms with Crippen molar-refractivity contribution in [1.29, 1.82) is 0 Å². The van der Waals surface area contributed by atoms with Crippen LogP contribution in [0.2, 0.25) is 0 Å². The van der Waals surface area contributed by atoms with Crippen LogP contribution in [0.15, 0.2) is 29.2 Å². The first-order valence-corrected chi connectivity index (χ1v) is 10.0. The number of nitrogens with zero attached hydrogens (tertiary/aromatic N) is 1. The molecule has 0 radical (unpaired) electrons. The van der Waals surface area contributed by atoms with E-state index in [0.717, 1.165) is 37.7 Å². The Morgan fingerprint density at radius 1 is 0.957 bits per heavy atom. The predicted molar refractivity (Wildman–Crippen MR) is 96.5 cm³/mol. The summed E-state index contributed by atoms with van der Waals surface area (Å²) in [6.07, 6.45) is 7.11. The van der Waals surface area contributed by atoms with Crippen LogP contribution < -0.4 is 0 Å². The van der Waals surface area contributed by atoms with E-state index in [-0.39, 0.29) is 0 Å². The molecule has 0 fully saturated rings. The van der Waals surface area contributed by atoms with Crippen molar-refractivity contribution in [3.05, 3.63) is 29.8 Å². The van der Waals surface area contributed by atoms with Gasteiger partial charge in [-0.25, -0.2) is 12.7 Å². The molecular weight excluding hydrogens is 306 g/mol. The molecule has 0 atom stereocenters. The van der Waals surface area contributed by atoms with Crippen molar-refractivity contribution in [2.24, 2.45) is 0 Å². The highest BCUT2D eigenvalue weighted by Crippen LogP contribution is 2.16. The molecule has 0 aliphatic rings. The Hall–Kier alpha value is -1.47. The number of aryl methyl sites for hydroxylation is 1. The van der Waals surface area contributed by atoms with Crippen molar-refractivity contribution in [3.8, 4) is 12.0 Å². The van der Waals surface area contributed by atoms with E-state index in [4.69, 9.17) is 0 Å². The molecule has 1 aromatic carbocycles. The third-order valence-corrected chi connectivity index (χ3v) is 5.40. The van der Waals surface area contributed by atoms with Crippen LogP contribution in [0.25, 0.3) is 0 Å². The van der Waals surface area contributed by atoms with Gasteiger partial charge in [-0.2, -0.15) is 0 Å². The smallest absolute Gasteiger partial charge is 0.224 e.